The van der Waals surface area contributed by atoms with Crippen molar-refractivity contribution >= 4 is 21.6 Å². The van der Waals surface area contributed by atoms with Crippen LogP contribution in [0.2, 0.25) is 0 Å². The van der Waals surface area contributed by atoms with E-state index in [1.165, 1.54) is 22.3 Å². The number of nitrogens with one attached hydrogen (secondary N) is 2. The van der Waals surface area contributed by atoms with Crippen molar-refractivity contribution < 1.29 is 0 Å². The van der Waals surface area contributed by atoms with Crippen LogP contribution < -0.4 is 5.56 Å². The zero-order valence-corrected chi connectivity index (χ0v) is 14.1. The number of rotatable bonds is 2. The number of thiophene rings is 1. The molecule has 3 heterocycles. The number of nitrogens with zero attached hydrogens (tertiary/aromatic N) is 3. The number of aromatic amines is 2. The molecular formula is C18H15N5OS. The maximum absolute atomic E-state index is 12.6. The van der Waals surface area contributed by atoms with Gasteiger partial charge in [0.1, 0.15) is 11.2 Å². The first kappa shape index (κ1) is 14.5. The highest BCUT2D eigenvalue weighted by atomic mass is 32.1. The van der Waals surface area contributed by atoms with E-state index in [2.05, 4.69) is 49.4 Å². The van der Waals surface area contributed by atoms with Crippen LogP contribution in [0.25, 0.3) is 21.9 Å². The molecule has 0 saturated heterocycles. The van der Waals surface area contributed by atoms with Gasteiger partial charge in [0.15, 0.2) is 11.6 Å². The molecule has 0 radical (unpaired) electrons. The second-order valence-electron chi connectivity index (χ2n) is 6.28. The Morgan fingerprint density at radius 2 is 2.04 bits per heavy atom. The second-order valence-corrected chi connectivity index (χ2v) is 7.37. The van der Waals surface area contributed by atoms with E-state index in [0.717, 1.165) is 29.5 Å². The molecule has 4 aromatic rings. The molecule has 0 aliphatic heterocycles. The summed E-state index contributed by atoms with van der Waals surface area (Å²) in [6.45, 7) is 0. The molecule has 3 aromatic heterocycles. The van der Waals surface area contributed by atoms with Gasteiger partial charge in [-0.2, -0.15) is 5.10 Å². The van der Waals surface area contributed by atoms with Gasteiger partial charge in [0.25, 0.3) is 5.56 Å². The minimum Gasteiger partial charge on any atom is -0.303 e. The first-order chi connectivity index (χ1) is 12.3. The van der Waals surface area contributed by atoms with Crippen molar-refractivity contribution in [3.8, 4) is 11.6 Å². The average Bonchev–Trinajstić information content (AvgIpc) is 3.29. The third-order valence-corrected chi connectivity index (χ3v) is 5.98. The van der Waals surface area contributed by atoms with Gasteiger partial charge in [-0.15, -0.1) is 11.3 Å². The van der Waals surface area contributed by atoms with Crippen molar-refractivity contribution in [2.45, 2.75) is 25.2 Å². The van der Waals surface area contributed by atoms with Crippen LogP contribution >= 0.6 is 11.3 Å². The highest BCUT2D eigenvalue weighted by Gasteiger charge is 2.26. The van der Waals surface area contributed by atoms with Crippen LogP contribution in [0.3, 0.4) is 0 Å². The van der Waals surface area contributed by atoms with Crippen molar-refractivity contribution in [3.63, 3.8) is 0 Å². The highest BCUT2D eigenvalue weighted by molar-refractivity contribution is 7.18. The highest BCUT2D eigenvalue weighted by Crippen LogP contribution is 2.39. The van der Waals surface area contributed by atoms with Gasteiger partial charge in [0, 0.05) is 4.88 Å². The molecule has 124 valence electrons. The van der Waals surface area contributed by atoms with Crippen LogP contribution in [0.5, 0.6) is 0 Å². The summed E-state index contributed by atoms with van der Waals surface area (Å²) in [5, 5.41) is 7.31. The van der Waals surface area contributed by atoms with Gasteiger partial charge < -0.3 is 4.98 Å². The molecule has 2 N–H and O–H groups in total. The lowest BCUT2D eigenvalue weighted by molar-refractivity contribution is 0.595. The standard InChI is InChI=1S/C18H15N5OS/c24-17-14-12-7-6-11(10-4-2-1-3-5-10)8-13(12)25-18(14)22-16(21-17)15-19-9-20-23-15/h1-5,9,11H,6-8H2,(H,19,20,23)(H,21,22,24). The normalized spacial score (nSPS) is 16.9. The molecule has 1 atom stereocenters. The van der Waals surface area contributed by atoms with Crippen LogP contribution in [0.15, 0.2) is 41.5 Å². The molecule has 0 saturated carbocycles. The SMILES string of the molecule is O=c1[nH]c(-c2ncn[nH]2)nc2sc3c(c12)CCC(c1ccccc1)C3. The molecule has 7 heteroatoms. The fourth-order valence-electron chi connectivity index (χ4n) is 3.63. The molecule has 0 bridgehead atoms. The lowest BCUT2D eigenvalue weighted by Crippen LogP contribution is -2.14. The largest absolute Gasteiger partial charge is 0.303 e. The first-order valence-corrected chi connectivity index (χ1v) is 9.06. The molecular weight excluding hydrogens is 334 g/mol. The Kier molecular flexibility index (Phi) is 3.27. The Morgan fingerprint density at radius 3 is 2.84 bits per heavy atom. The van der Waals surface area contributed by atoms with E-state index in [9.17, 15) is 4.79 Å². The maximum Gasteiger partial charge on any atom is 0.260 e. The number of benzene rings is 1. The fourth-order valence-corrected chi connectivity index (χ4v) is 4.93. The summed E-state index contributed by atoms with van der Waals surface area (Å²) in [4.78, 5) is 26.2. The van der Waals surface area contributed by atoms with E-state index in [-0.39, 0.29) is 5.56 Å². The van der Waals surface area contributed by atoms with Crippen molar-refractivity contribution in [2.24, 2.45) is 0 Å². The van der Waals surface area contributed by atoms with Crippen LogP contribution in [0.1, 0.15) is 28.3 Å². The van der Waals surface area contributed by atoms with E-state index >= 15 is 0 Å². The third kappa shape index (κ3) is 2.39. The monoisotopic (exact) mass is 349 g/mol. The van der Waals surface area contributed by atoms with Gasteiger partial charge in [-0.05, 0) is 36.3 Å². The third-order valence-electron chi connectivity index (χ3n) is 4.83. The van der Waals surface area contributed by atoms with E-state index in [4.69, 9.17) is 0 Å². The topological polar surface area (TPSA) is 87.3 Å². The molecule has 6 nitrogen and oxygen atoms in total. The van der Waals surface area contributed by atoms with Crippen molar-refractivity contribution in [1.82, 2.24) is 25.1 Å². The van der Waals surface area contributed by atoms with Gasteiger partial charge in [-0.3, -0.25) is 9.89 Å². The maximum atomic E-state index is 12.6. The summed E-state index contributed by atoms with van der Waals surface area (Å²) in [5.74, 6) is 1.43. The Balaban J connectivity index is 1.60. The summed E-state index contributed by atoms with van der Waals surface area (Å²) in [7, 11) is 0. The van der Waals surface area contributed by atoms with Crippen LogP contribution in [0, 0.1) is 0 Å². The predicted molar refractivity (Wildman–Crippen MR) is 96.8 cm³/mol. The summed E-state index contributed by atoms with van der Waals surface area (Å²) in [5.41, 5.74) is 2.45. The average molecular weight is 349 g/mol. The number of hydrogen-bond acceptors (Lipinski definition) is 5. The summed E-state index contributed by atoms with van der Waals surface area (Å²) in [6, 6.07) is 10.6. The van der Waals surface area contributed by atoms with Gasteiger partial charge in [0.05, 0.1) is 5.39 Å². The number of aromatic nitrogens is 5. The molecule has 1 unspecified atom stereocenters. The molecule has 0 spiro atoms. The Labute approximate surface area is 147 Å². The van der Waals surface area contributed by atoms with E-state index in [1.54, 1.807) is 11.3 Å². The zero-order valence-electron chi connectivity index (χ0n) is 13.3. The number of aryl methyl sites for hydroxylation is 1. The number of fused-ring (bicyclic) bond motifs is 3. The van der Waals surface area contributed by atoms with Crippen LogP contribution in [0.4, 0.5) is 0 Å². The van der Waals surface area contributed by atoms with E-state index in [1.807, 2.05) is 6.07 Å². The van der Waals surface area contributed by atoms with Crippen molar-refractivity contribution in [3.05, 3.63) is 63.0 Å². The summed E-state index contributed by atoms with van der Waals surface area (Å²) >= 11 is 1.63. The number of hydrogen-bond donors (Lipinski definition) is 2. The van der Waals surface area contributed by atoms with Gasteiger partial charge >= 0.3 is 0 Å². The Bertz CT molecular complexity index is 1100. The van der Waals surface area contributed by atoms with Crippen molar-refractivity contribution in [1.29, 1.82) is 0 Å². The van der Waals surface area contributed by atoms with E-state index in [0.29, 0.717) is 17.6 Å². The Morgan fingerprint density at radius 1 is 1.16 bits per heavy atom. The predicted octanol–water partition coefficient (Wildman–Crippen LogP) is 3.04. The van der Waals surface area contributed by atoms with Gasteiger partial charge in [-0.25, -0.2) is 9.97 Å². The summed E-state index contributed by atoms with van der Waals surface area (Å²) in [6.07, 6.45) is 4.36. The molecule has 0 amide bonds. The molecule has 1 aromatic carbocycles. The molecule has 5 rings (SSSR count). The van der Waals surface area contributed by atoms with Crippen LogP contribution in [-0.2, 0) is 12.8 Å². The molecule has 1 aliphatic rings. The Hall–Kier alpha value is -2.80. The molecule has 0 fully saturated rings. The van der Waals surface area contributed by atoms with Gasteiger partial charge in [0.2, 0.25) is 0 Å². The van der Waals surface area contributed by atoms with Crippen LogP contribution in [-0.4, -0.2) is 25.1 Å². The first-order valence-electron chi connectivity index (χ1n) is 8.25. The van der Waals surface area contributed by atoms with Gasteiger partial charge in [-0.1, -0.05) is 30.3 Å². The molecule has 25 heavy (non-hydrogen) atoms. The molecule has 1 aliphatic carbocycles. The smallest absolute Gasteiger partial charge is 0.260 e. The lowest BCUT2D eigenvalue weighted by Gasteiger charge is -2.22. The second kappa shape index (κ2) is 5.63. The summed E-state index contributed by atoms with van der Waals surface area (Å²) < 4.78 is 0. The quantitative estimate of drug-likeness (QED) is 0.582. The minimum atomic E-state index is -0.0907. The number of H-pyrrole nitrogens is 2. The fraction of sp³-hybridized carbons (Fsp3) is 0.222. The zero-order chi connectivity index (χ0) is 16.8. The van der Waals surface area contributed by atoms with E-state index < -0.39 is 0 Å². The lowest BCUT2D eigenvalue weighted by atomic mass is 9.83. The minimum absolute atomic E-state index is 0.0907. The van der Waals surface area contributed by atoms with Crippen molar-refractivity contribution in [2.75, 3.05) is 0 Å².